The molecule has 1 aliphatic carbocycles. The molecule has 1 aliphatic rings. The molecule has 2 rings (SSSR count). The van der Waals surface area contributed by atoms with Gasteiger partial charge in [0.2, 0.25) is 0 Å². The number of pyridine rings is 1. The molecule has 0 bridgehead atoms. The zero-order valence-electron chi connectivity index (χ0n) is 11.2. The number of nitrogens with one attached hydrogen (secondary N) is 1. The van der Waals surface area contributed by atoms with Crippen LogP contribution in [0, 0.1) is 5.92 Å². The summed E-state index contributed by atoms with van der Waals surface area (Å²) in [6.07, 6.45) is 0.465. The van der Waals surface area contributed by atoms with Gasteiger partial charge in [-0.1, -0.05) is 6.92 Å². The van der Waals surface area contributed by atoms with E-state index in [2.05, 4.69) is 17.2 Å². The fourth-order valence-electron chi connectivity index (χ4n) is 2.37. The van der Waals surface area contributed by atoms with Crippen molar-refractivity contribution in [3.63, 3.8) is 0 Å². The number of aromatic nitrogens is 1. The van der Waals surface area contributed by atoms with Crippen LogP contribution in [0.4, 0.5) is 13.2 Å². The van der Waals surface area contributed by atoms with Gasteiger partial charge in [-0.3, -0.25) is 9.78 Å². The molecular weight excluding hydrogens is 269 g/mol. The molecule has 1 N–H and O–H groups in total. The van der Waals surface area contributed by atoms with Crippen LogP contribution in [0.2, 0.25) is 0 Å². The van der Waals surface area contributed by atoms with Gasteiger partial charge in [-0.15, -0.1) is 0 Å². The Labute approximate surface area is 115 Å². The second kappa shape index (κ2) is 5.81. The van der Waals surface area contributed by atoms with Gasteiger partial charge in [-0.25, -0.2) is 0 Å². The van der Waals surface area contributed by atoms with E-state index < -0.39 is 11.9 Å². The topological polar surface area (TPSA) is 42.0 Å². The van der Waals surface area contributed by atoms with Crippen LogP contribution in [0.3, 0.4) is 0 Å². The van der Waals surface area contributed by atoms with Crippen LogP contribution in [0.5, 0.6) is 0 Å². The van der Waals surface area contributed by atoms with Crippen LogP contribution in [-0.4, -0.2) is 16.9 Å². The largest absolute Gasteiger partial charge is 0.433 e. The smallest absolute Gasteiger partial charge is 0.349 e. The van der Waals surface area contributed by atoms with Crippen molar-refractivity contribution in [1.82, 2.24) is 10.3 Å². The summed E-state index contributed by atoms with van der Waals surface area (Å²) in [5.41, 5.74) is -0.822. The Morgan fingerprint density at radius 3 is 2.40 bits per heavy atom. The van der Waals surface area contributed by atoms with Crippen LogP contribution >= 0.6 is 0 Å². The van der Waals surface area contributed by atoms with Crippen LogP contribution in [-0.2, 0) is 6.18 Å². The maximum Gasteiger partial charge on any atom is 0.433 e. The Bertz CT molecular complexity index is 462. The van der Waals surface area contributed by atoms with Gasteiger partial charge in [0.05, 0.1) is 5.56 Å². The van der Waals surface area contributed by atoms with Crippen LogP contribution in [0.15, 0.2) is 18.3 Å². The third kappa shape index (κ3) is 3.71. The molecule has 1 aromatic heterocycles. The zero-order chi connectivity index (χ0) is 14.8. The molecule has 0 saturated heterocycles. The molecule has 1 fully saturated rings. The molecule has 0 aromatic carbocycles. The van der Waals surface area contributed by atoms with Gasteiger partial charge in [0, 0.05) is 12.2 Å². The highest BCUT2D eigenvalue weighted by molar-refractivity contribution is 5.94. The van der Waals surface area contributed by atoms with Crippen molar-refractivity contribution in [2.75, 3.05) is 0 Å². The number of hydrogen-bond acceptors (Lipinski definition) is 2. The summed E-state index contributed by atoms with van der Waals surface area (Å²) in [4.78, 5) is 15.2. The molecule has 0 aliphatic heterocycles. The summed E-state index contributed by atoms with van der Waals surface area (Å²) in [5, 5.41) is 2.85. The summed E-state index contributed by atoms with van der Waals surface area (Å²) in [7, 11) is 0. The van der Waals surface area contributed by atoms with E-state index in [0.717, 1.165) is 44.0 Å². The lowest BCUT2D eigenvalue weighted by Gasteiger charge is -2.26. The fraction of sp³-hybridized carbons (Fsp3) is 0.571. The van der Waals surface area contributed by atoms with Gasteiger partial charge in [0.25, 0.3) is 5.91 Å². The predicted molar refractivity (Wildman–Crippen MR) is 68.1 cm³/mol. The molecule has 0 radical (unpaired) electrons. The molecule has 1 aromatic rings. The second-order valence-electron chi connectivity index (χ2n) is 5.36. The fourth-order valence-corrected chi connectivity index (χ4v) is 2.37. The molecule has 110 valence electrons. The molecule has 0 spiro atoms. The number of alkyl halides is 3. The third-order valence-corrected chi connectivity index (χ3v) is 3.67. The Kier molecular flexibility index (Phi) is 4.30. The standard InChI is InChI=1S/C14H17F3N2O/c1-9-2-5-11(6-3-9)19-13(20)10-4-7-12(18-8-10)14(15,16)17/h4,7-9,11H,2-3,5-6H2,1H3,(H,19,20). The minimum atomic E-state index is -4.48. The maximum absolute atomic E-state index is 12.4. The first-order valence-electron chi connectivity index (χ1n) is 6.70. The number of halogens is 3. The van der Waals surface area contributed by atoms with Crippen molar-refractivity contribution < 1.29 is 18.0 Å². The molecule has 1 saturated carbocycles. The highest BCUT2D eigenvalue weighted by atomic mass is 19.4. The molecule has 3 nitrogen and oxygen atoms in total. The minimum absolute atomic E-state index is 0.112. The van der Waals surface area contributed by atoms with Gasteiger partial charge in [0.15, 0.2) is 0 Å². The van der Waals surface area contributed by atoms with Crippen LogP contribution < -0.4 is 5.32 Å². The average molecular weight is 286 g/mol. The normalized spacial score (nSPS) is 23.4. The summed E-state index contributed by atoms with van der Waals surface area (Å²) in [6.45, 7) is 2.18. The Balaban J connectivity index is 1.96. The summed E-state index contributed by atoms with van der Waals surface area (Å²) in [5.74, 6) is 0.321. The van der Waals surface area contributed by atoms with Crippen LogP contribution in [0.1, 0.15) is 48.7 Å². The van der Waals surface area contributed by atoms with Crippen molar-refractivity contribution in [2.24, 2.45) is 5.92 Å². The van der Waals surface area contributed by atoms with Crippen molar-refractivity contribution in [3.05, 3.63) is 29.6 Å². The van der Waals surface area contributed by atoms with E-state index in [4.69, 9.17) is 0 Å². The molecular formula is C14H17F3N2O. The lowest BCUT2D eigenvalue weighted by molar-refractivity contribution is -0.141. The number of rotatable bonds is 2. The molecule has 1 heterocycles. The first kappa shape index (κ1) is 14.8. The average Bonchev–Trinajstić information content (AvgIpc) is 2.40. The Hall–Kier alpha value is -1.59. The van der Waals surface area contributed by atoms with E-state index in [9.17, 15) is 18.0 Å². The number of amides is 1. The first-order valence-corrected chi connectivity index (χ1v) is 6.70. The first-order chi connectivity index (χ1) is 9.36. The number of nitrogens with zero attached hydrogens (tertiary/aromatic N) is 1. The highest BCUT2D eigenvalue weighted by Crippen LogP contribution is 2.27. The second-order valence-corrected chi connectivity index (χ2v) is 5.36. The van der Waals surface area contributed by atoms with E-state index in [0.29, 0.717) is 5.92 Å². The number of hydrogen-bond donors (Lipinski definition) is 1. The van der Waals surface area contributed by atoms with Gasteiger partial charge in [-0.2, -0.15) is 13.2 Å². The van der Waals surface area contributed by atoms with E-state index >= 15 is 0 Å². The lowest BCUT2D eigenvalue weighted by atomic mass is 9.87. The predicted octanol–water partition coefficient (Wildman–Crippen LogP) is 3.41. The minimum Gasteiger partial charge on any atom is -0.349 e. The van der Waals surface area contributed by atoms with Crippen molar-refractivity contribution in [3.8, 4) is 0 Å². The van der Waals surface area contributed by atoms with E-state index in [1.54, 1.807) is 0 Å². The van der Waals surface area contributed by atoms with Crippen LogP contribution in [0.25, 0.3) is 0 Å². The third-order valence-electron chi connectivity index (χ3n) is 3.67. The van der Waals surface area contributed by atoms with Gasteiger partial charge in [0.1, 0.15) is 5.69 Å². The van der Waals surface area contributed by atoms with E-state index in [-0.39, 0.29) is 17.5 Å². The number of carbonyl (C=O) groups is 1. The maximum atomic E-state index is 12.4. The molecule has 0 atom stereocenters. The van der Waals surface area contributed by atoms with E-state index in [1.165, 1.54) is 0 Å². The quantitative estimate of drug-likeness (QED) is 0.905. The highest BCUT2D eigenvalue weighted by Gasteiger charge is 2.32. The molecule has 1 amide bonds. The summed E-state index contributed by atoms with van der Waals surface area (Å²) >= 11 is 0. The summed E-state index contributed by atoms with van der Waals surface area (Å²) < 4.78 is 37.1. The van der Waals surface area contributed by atoms with Crippen molar-refractivity contribution in [2.45, 2.75) is 44.8 Å². The monoisotopic (exact) mass is 286 g/mol. The van der Waals surface area contributed by atoms with Crippen molar-refractivity contribution in [1.29, 1.82) is 0 Å². The van der Waals surface area contributed by atoms with Gasteiger partial charge >= 0.3 is 6.18 Å². The molecule has 6 heteroatoms. The molecule has 0 unspecified atom stereocenters. The SMILES string of the molecule is CC1CCC(NC(=O)c2ccc(C(F)(F)F)nc2)CC1. The Morgan fingerprint density at radius 1 is 1.25 bits per heavy atom. The van der Waals surface area contributed by atoms with Crippen molar-refractivity contribution >= 4 is 5.91 Å². The zero-order valence-corrected chi connectivity index (χ0v) is 11.2. The van der Waals surface area contributed by atoms with Gasteiger partial charge < -0.3 is 5.32 Å². The van der Waals surface area contributed by atoms with Gasteiger partial charge in [-0.05, 0) is 43.7 Å². The summed E-state index contributed by atoms with van der Waals surface area (Å²) in [6, 6.07) is 2.11. The lowest BCUT2D eigenvalue weighted by Crippen LogP contribution is -2.37. The number of carbonyl (C=O) groups excluding carboxylic acids is 1. The van der Waals surface area contributed by atoms with E-state index in [1.807, 2.05) is 0 Å². The Morgan fingerprint density at radius 2 is 1.90 bits per heavy atom. The molecule has 20 heavy (non-hydrogen) atoms.